The maximum atomic E-state index is 12.6. The molecule has 0 atom stereocenters. The Hall–Kier alpha value is -1.11. The Labute approximate surface area is 145 Å². The second-order valence-corrected chi connectivity index (χ2v) is 8.76. The van der Waals surface area contributed by atoms with Crippen molar-refractivity contribution in [3.63, 3.8) is 0 Å². The van der Waals surface area contributed by atoms with Crippen LogP contribution in [-0.4, -0.2) is 39.5 Å². The minimum Gasteiger partial charge on any atom is -0.497 e. The minimum absolute atomic E-state index is 0.0882. The third-order valence-electron chi connectivity index (χ3n) is 5.51. The van der Waals surface area contributed by atoms with E-state index in [4.69, 9.17) is 4.74 Å². The van der Waals surface area contributed by atoms with Gasteiger partial charge in [0.25, 0.3) is 10.2 Å². The van der Waals surface area contributed by atoms with Gasteiger partial charge in [-0.3, -0.25) is 0 Å². The van der Waals surface area contributed by atoms with Crippen molar-refractivity contribution >= 4 is 10.2 Å². The summed E-state index contributed by atoms with van der Waals surface area (Å²) < 4.78 is 35.0. The molecule has 0 radical (unpaired) electrons. The van der Waals surface area contributed by atoms with Gasteiger partial charge in [0.2, 0.25) is 0 Å². The molecule has 6 heteroatoms. The van der Waals surface area contributed by atoms with E-state index >= 15 is 0 Å². The number of piperidine rings is 1. The van der Waals surface area contributed by atoms with Crippen molar-refractivity contribution < 1.29 is 13.2 Å². The first-order valence-electron chi connectivity index (χ1n) is 8.95. The summed E-state index contributed by atoms with van der Waals surface area (Å²) in [5.41, 5.74) is 1.12. The number of benzene rings is 1. The monoisotopic (exact) mass is 352 g/mol. The Morgan fingerprint density at radius 2 is 1.67 bits per heavy atom. The molecule has 2 fully saturated rings. The number of hydrogen-bond donors (Lipinski definition) is 1. The standard InChI is InChI=1S/C18H28N2O3S/c1-23-17-9-7-16(8-10-17)18(11-3-4-12-18)15-19-24(21,22)20-13-5-2-6-14-20/h7-10,19H,2-6,11-15H2,1H3. The number of ether oxygens (including phenoxy) is 1. The molecule has 24 heavy (non-hydrogen) atoms. The lowest BCUT2D eigenvalue weighted by atomic mass is 9.79. The fourth-order valence-corrected chi connectivity index (χ4v) is 5.37. The number of hydrogen-bond acceptors (Lipinski definition) is 3. The number of nitrogens with zero attached hydrogens (tertiary/aromatic N) is 1. The zero-order valence-corrected chi connectivity index (χ0v) is 15.3. The van der Waals surface area contributed by atoms with Crippen LogP contribution in [0.1, 0.15) is 50.5 Å². The van der Waals surface area contributed by atoms with Gasteiger partial charge in [0.1, 0.15) is 5.75 Å². The van der Waals surface area contributed by atoms with Crippen LogP contribution in [0, 0.1) is 0 Å². The average Bonchev–Trinajstić information content (AvgIpc) is 3.11. The Kier molecular flexibility index (Phi) is 5.47. The molecule has 0 amide bonds. The first-order chi connectivity index (χ1) is 11.6. The van der Waals surface area contributed by atoms with E-state index in [1.165, 1.54) is 5.56 Å². The van der Waals surface area contributed by atoms with Crippen molar-refractivity contribution in [3.8, 4) is 5.75 Å². The van der Waals surface area contributed by atoms with Crippen molar-refractivity contribution in [1.29, 1.82) is 0 Å². The SMILES string of the molecule is COc1ccc(C2(CNS(=O)(=O)N3CCCCC3)CCCC2)cc1. The molecule has 1 aliphatic carbocycles. The summed E-state index contributed by atoms with van der Waals surface area (Å²) in [6, 6.07) is 8.10. The van der Waals surface area contributed by atoms with Crippen LogP contribution in [0.15, 0.2) is 24.3 Å². The molecule has 1 saturated heterocycles. The molecule has 1 aromatic carbocycles. The van der Waals surface area contributed by atoms with Crippen LogP contribution in [0.5, 0.6) is 5.75 Å². The summed E-state index contributed by atoms with van der Waals surface area (Å²) in [5, 5.41) is 0. The van der Waals surface area contributed by atoms with Gasteiger partial charge in [-0.25, -0.2) is 4.72 Å². The van der Waals surface area contributed by atoms with Crippen LogP contribution in [0.3, 0.4) is 0 Å². The summed E-state index contributed by atoms with van der Waals surface area (Å²) in [6.07, 6.45) is 7.41. The molecule has 1 saturated carbocycles. The molecular formula is C18H28N2O3S. The molecule has 134 valence electrons. The molecule has 1 aromatic rings. The molecule has 1 aliphatic heterocycles. The predicted octanol–water partition coefficient (Wildman–Crippen LogP) is 2.83. The molecule has 1 heterocycles. The van der Waals surface area contributed by atoms with E-state index in [2.05, 4.69) is 16.9 Å². The van der Waals surface area contributed by atoms with E-state index in [1.807, 2.05) is 12.1 Å². The van der Waals surface area contributed by atoms with Gasteiger partial charge in [-0.15, -0.1) is 0 Å². The van der Waals surface area contributed by atoms with Crippen LogP contribution in [0.2, 0.25) is 0 Å². The van der Waals surface area contributed by atoms with E-state index in [-0.39, 0.29) is 5.41 Å². The maximum Gasteiger partial charge on any atom is 0.279 e. The second kappa shape index (κ2) is 7.42. The number of methoxy groups -OCH3 is 1. The molecule has 1 N–H and O–H groups in total. The number of rotatable bonds is 6. The van der Waals surface area contributed by atoms with Crippen molar-refractivity contribution in [2.24, 2.45) is 0 Å². The highest BCUT2D eigenvalue weighted by Gasteiger charge is 2.37. The molecule has 3 rings (SSSR count). The topological polar surface area (TPSA) is 58.6 Å². The Morgan fingerprint density at radius 3 is 2.25 bits per heavy atom. The zero-order chi connectivity index (χ0) is 17.0. The molecule has 0 aromatic heterocycles. The summed E-state index contributed by atoms with van der Waals surface area (Å²) in [7, 11) is -1.71. The number of nitrogens with one attached hydrogen (secondary N) is 1. The van der Waals surface area contributed by atoms with E-state index in [0.29, 0.717) is 19.6 Å². The lowest BCUT2D eigenvalue weighted by molar-refractivity contribution is 0.336. The minimum atomic E-state index is -3.37. The predicted molar refractivity (Wildman–Crippen MR) is 95.5 cm³/mol. The van der Waals surface area contributed by atoms with Crippen LogP contribution in [0.25, 0.3) is 0 Å². The molecule has 0 unspecified atom stereocenters. The highest BCUT2D eigenvalue weighted by Crippen LogP contribution is 2.41. The molecule has 0 spiro atoms. The van der Waals surface area contributed by atoms with E-state index in [9.17, 15) is 8.42 Å². The Bertz CT molecular complexity index is 631. The van der Waals surface area contributed by atoms with Crippen molar-refractivity contribution in [2.45, 2.75) is 50.4 Å². The van der Waals surface area contributed by atoms with Gasteiger partial charge in [0, 0.05) is 25.0 Å². The van der Waals surface area contributed by atoms with Crippen LogP contribution >= 0.6 is 0 Å². The molecule has 2 aliphatic rings. The lowest BCUT2D eigenvalue weighted by Gasteiger charge is -2.32. The third kappa shape index (κ3) is 3.76. The summed E-state index contributed by atoms with van der Waals surface area (Å²) in [5.74, 6) is 0.834. The fourth-order valence-electron chi connectivity index (χ4n) is 3.99. The highest BCUT2D eigenvalue weighted by molar-refractivity contribution is 7.87. The van der Waals surface area contributed by atoms with Gasteiger partial charge in [0.15, 0.2) is 0 Å². The Morgan fingerprint density at radius 1 is 1.04 bits per heavy atom. The van der Waals surface area contributed by atoms with Gasteiger partial charge in [-0.05, 0) is 43.4 Å². The fraction of sp³-hybridized carbons (Fsp3) is 0.667. The molecular weight excluding hydrogens is 324 g/mol. The van der Waals surface area contributed by atoms with E-state index < -0.39 is 10.2 Å². The summed E-state index contributed by atoms with van der Waals surface area (Å²) >= 11 is 0. The zero-order valence-electron chi connectivity index (χ0n) is 14.5. The third-order valence-corrected chi connectivity index (χ3v) is 7.07. The average molecular weight is 353 g/mol. The van der Waals surface area contributed by atoms with Crippen molar-refractivity contribution in [3.05, 3.63) is 29.8 Å². The van der Waals surface area contributed by atoms with E-state index in [1.54, 1.807) is 11.4 Å². The van der Waals surface area contributed by atoms with Gasteiger partial charge < -0.3 is 4.74 Å². The first-order valence-corrected chi connectivity index (χ1v) is 10.4. The van der Waals surface area contributed by atoms with Crippen molar-refractivity contribution in [1.82, 2.24) is 9.03 Å². The molecule has 0 bridgehead atoms. The first kappa shape index (κ1) is 17.7. The largest absolute Gasteiger partial charge is 0.497 e. The normalized spacial score (nSPS) is 21.7. The van der Waals surface area contributed by atoms with Gasteiger partial charge in [-0.2, -0.15) is 12.7 Å². The maximum absolute atomic E-state index is 12.6. The van der Waals surface area contributed by atoms with Crippen molar-refractivity contribution in [2.75, 3.05) is 26.7 Å². The quantitative estimate of drug-likeness (QED) is 0.856. The van der Waals surface area contributed by atoms with Gasteiger partial charge in [-0.1, -0.05) is 31.4 Å². The lowest BCUT2D eigenvalue weighted by Crippen LogP contribution is -2.47. The highest BCUT2D eigenvalue weighted by atomic mass is 32.2. The second-order valence-electron chi connectivity index (χ2n) is 7.00. The summed E-state index contributed by atoms with van der Waals surface area (Å²) in [4.78, 5) is 0. The smallest absolute Gasteiger partial charge is 0.279 e. The molecule has 5 nitrogen and oxygen atoms in total. The van der Waals surface area contributed by atoms with Crippen LogP contribution in [0.4, 0.5) is 0 Å². The van der Waals surface area contributed by atoms with E-state index in [0.717, 1.165) is 50.7 Å². The summed E-state index contributed by atoms with van der Waals surface area (Å²) in [6.45, 7) is 1.77. The van der Waals surface area contributed by atoms with Crippen LogP contribution < -0.4 is 9.46 Å². The van der Waals surface area contributed by atoms with Gasteiger partial charge in [0.05, 0.1) is 7.11 Å². The van der Waals surface area contributed by atoms with Gasteiger partial charge >= 0.3 is 0 Å². The Balaban J connectivity index is 1.73. The van der Waals surface area contributed by atoms with Crippen LogP contribution in [-0.2, 0) is 15.6 Å².